The number of anilines is 3. The third kappa shape index (κ3) is 5.02. The summed E-state index contributed by atoms with van der Waals surface area (Å²) >= 11 is 0. The van der Waals surface area contributed by atoms with Gasteiger partial charge in [0.1, 0.15) is 5.52 Å². The van der Waals surface area contributed by atoms with E-state index < -0.39 is 0 Å². The molecular formula is C49H32N2O. The van der Waals surface area contributed by atoms with E-state index in [9.17, 15) is 0 Å². The van der Waals surface area contributed by atoms with Crippen LogP contribution in [0.15, 0.2) is 199 Å². The summed E-state index contributed by atoms with van der Waals surface area (Å²) in [5.41, 5.74) is 10.5. The van der Waals surface area contributed by atoms with Crippen molar-refractivity contribution in [1.82, 2.24) is 4.98 Å². The van der Waals surface area contributed by atoms with Crippen LogP contribution in [0.2, 0.25) is 0 Å². The number of nitrogens with zero attached hydrogens (tertiary/aromatic N) is 2. The van der Waals surface area contributed by atoms with Gasteiger partial charge < -0.3 is 9.32 Å². The molecule has 3 heteroatoms. The number of benzene rings is 9. The summed E-state index contributed by atoms with van der Waals surface area (Å²) in [7, 11) is 0. The molecule has 1 heterocycles. The van der Waals surface area contributed by atoms with Crippen LogP contribution in [0, 0.1) is 0 Å². The maximum absolute atomic E-state index is 6.71. The van der Waals surface area contributed by atoms with Crippen LogP contribution in [-0.2, 0) is 0 Å². The largest absolute Gasteiger partial charge is 0.435 e. The zero-order valence-corrected chi connectivity index (χ0v) is 28.3. The summed E-state index contributed by atoms with van der Waals surface area (Å²) in [6.45, 7) is 0. The van der Waals surface area contributed by atoms with Crippen LogP contribution in [0.3, 0.4) is 0 Å². The van der Waals surface area contributed by atoms with Crippen LogP contribution in [0.5, 0.6) is 0 Å². The fourth-order valence-electron chi connectivity index (χ4n) is 7.67. The molecule has 0 fully saturated rings. The second-order valence-electron chi connectivity index (χ2n) is 13.1. The lowest BCUT2D eigenvalue weighted by atomic mass is 9.90. The maximum Gasteiger partial charge on any atom is 0.227 e. The smallest absolute Gasteiger partial charge is 0.227 e. The number of fused-ring (bicyclic) bond motifs is 6. The SMILES string of the molecule is c1ccc(-c2nc3ccc4cc(-c5cccc6ccccc56)c5ccc(N(c6ccccc6)c6ccccc6-c6ccccc6)cc5c4c3o2)cc1. The van der Waals surface area contributed by atoms with E-state index in [2.05, 4.69) is 169 Å². The van der Waals surface area contributed by atoms with Gasteiger partial charge in [-0.3, -0.25) is 0 Å². The fraction of sp³-hybridized carbons (Fsp3) is 0. The fourth-order valence-corrected chi connectivity index (χ4v) is 7.67. The van der Waals surface area contributed by atoms with Gasteiger partial charge in [0.15, 0.2) is 5.58 Å². The lowest BCUT2D eigenvalue weighted by Gasteiger charge is -2.28. The molecule has 10 rings (SSSR count). The third-order valence-electron chi connectivity index (χ3n) is 10.1. The van der Waals surface area contributed by atoms with Gasteiger partial charge in [-0.2, -0.15) is 0 Å². The Morgan fingerprint density at radius 1 is 0.404 bits per heavy atom. The summed E-state index contributed by atoms with van der Waals surface area (Å²) in [4.78, 5) is 7.35. The molecule has 244 valence electrons. The van der Waals surface area contributed by atoms with Crippen molar-refractivity contribution in [3.8, 4) is 33.7 Å². The van der Waals surface area contributed by atoms with E-state index in [1.165, 1.54) is 27.5 Å². The standard InChI is InChI=1S/C49H32N2O/c1-4-15-34(16-5-1)40-24-12-13-26-46(40)51(37-21-8-3-9-22-37)38-28-29-42-43(41-25-14-20-33-17-10-11-23-39(33)41)31-36-27-30-45-48(47(36)44(42)32-38)52-49(50-45)35-18-6-2-7-19-35/h1-32H. The van der Waals surface area contributed by atoms with Gasteiger partial charge in [0, 0.05) is 27.9 Å². The molecule has 0 aliphatic rings. The Morgan fingerprint density at radius 3 is 1.90 bits per heavy atom. The van der Waals surface area contributed by atoms with Crippen molar-refractivity contribution in [3.05, 3.63) is 194 Å². The average Bonchev–Trinajstić information content (AvgIpc) is 3.66. The summed E-state index contributed by atoms with van der Waals surface area (Å²) in [6, 6.07) is 68.8. The van der Waals surface area contributed by atoms with Gasteiger partial charge in [-0.05, 0) is 98.2 Å². The molecule has 0 aliphatic heterocycles. The van der Waals surface area contributed by atoms with Crippen molar-refractivity contribution >= 4 is 60.5 Å². The first-order valence-electron chi connectivity index (χ1n) is 17.6. The van der Waals surface area contributed by atoms with Crippen molar-refractivity contribution in [2.24, 2.45) is 0 Å². The first-order valence-corrected chi connectivity index (χ1v) is 17.6. The van der Waals surface area contributed by atoms with Crippen molar-refractivity contribution in [2.45, 2.75) is 0 Å². The Hall–Kier alpha value is -6.97. The van der Waals surface area contributed by atoms with Crippen LogP contribution in [0.25, 0.3) is 77.1 Å². The molecular weight excluding hydrogens is 633 g/mol. The first kappa shape index (κ1) is 29.9. The van der Waals surface area contributed by atoms with Gasteiger partial charge in [0.25, 0.3) is 0 Å². The average molecular weight is 665 g/mol. The van der Waals surface area contributed by atoms with Crippen molar-refractivity contribution < 1.29 is 4.42 Å². The van der Waals surface area contributed by atoms with E-state index in [0.29, 0.717) is 5.89 Å². The van der Waals surface area contributed by atoms with Gasteiger partial charge in [-0.15, -0.1) is 0 Å². The van der Waals surface area contributed by atoms with Gasteiger partial charge >= 0.3 is 0 Å². The van der Waals surface area contributed by atoms with E-state index in [0.717, 1.165) is 60.8 Å². The molecule has 9 aromatic carbocycles. The van der Waals surface area contributed by atoms with E-state index >= 15 is 0 Å². The van der Waals surface area contributed by atoms with Gasteiger partial charge in [-0.1, -0.05) is 140 Å². The normalized spacial score (nSPS) is 11.5. The summed E-state index contributed by atoms with van der Waals surface area (Å²) in [5.74, 6) is 0.619. The van der Waals surface area contributed by atoms with Crippen LogP contribution in [0.4, 0.5) is 17.1 Å². The van der Waals surface area contributed by atoms with Crippen LogP contribution in [0.1, 0.15) is 0 Å². The van der Waals surface area contributed by atoms with E-state index in [4.69, 9.17) is 9.40 Å². The van der Waals surface area contributed by atoms with E-state index in [1.807, 2.05) is 30.3 Å². The molecule has 0 N–H and O–H groups in total. The lowest BCUT2D eigenvalue weighted by Crippen LogP contribution is -2.11. The molecule has 3 nitrogen and oxygen atoms in total. The Morgan fingerprint density at radius 2 is 1.08 bits per heavy atom. The minimum absolute atomic E-state index is 0.619. The maximum atomic E-state index is 6.71. The molecule has 1 aromatic heterocycles. The van der Waals surface area contributed by atoms with E-state index in [-0.39, 0.29) is 0 Å². The van der Waals surface area contributed by atoms with Gasteiger partial charge in [-0.25, -0.2) is 4.98 Å². The molecule has 0 spiro atoms. The van der Waals surface area contributed by atoms with Gasteiger partial charge in [0.05, 0.1) is 5.69 Å². The predicted octanol–water partition coefficient (Wildman–Crippen LogP) is 13.8. The molecule has 0 unspecified atom stereocenters. The number of hydrogen-bond donors (Lipinski definition) is 0. The number of hydrogen-bond acceptors (Lipinski definition) is 3. The monoisotopic (exact) mass is 664 g/mol. The van der Waals surface area contributed by atoms with Crippen molar-refractivity contribution in [1.29, 1.82) is 0 Å². The lowest BCUT2D eigenvalue weighted by molar-refractivity contribution is 0.623. The molecule has 10 aromatic rings. The molecule has 0 aliphatic carbocycles. The van der Waals surface area contributed by atoms with Crippen molar-refractivity contribution in [3.63, 3.8) is 0 Å². The number of aromatic nitrogens is 1. The first-order chi connectivity index (χ1) is 25.8. The minimum atomic E-state index is 0.619. The Labute approximate surface area is 301 Å². The molecule has 52 heavy (non-hydrogen) atoms. The Bertz CT molecular complexity index is 2890. The van der Waals surface area contributed by atoms with Crippen LogP contribution >= 0.6 is 0 Å². The summed E-state index contributed by atoms with van der Waals surface area (Å²) in [5, 5.41) is 6.86. The highest BCUT2D eigenvalue weighted by molar-refractivity contribution is 6.23. The second-order valence-corrected chi connectivity index (χ2v) is 13.1. The number of para-hydroxylation sites is 2. The summed E-state index contributed by atoms with van der Waals surface area (Å²) in [6.07, 6.45) is 0. The highest BCUT2D eigenvalue weighted by Gasteiger charge is 2.21. The summed E-state index contributed by atoms with van der Waals surface area (Å²) < 4.78 is 6.71. The molecule has 0 amide bonds. The number of oxazole rings is 1. The van der Waals surface area contributed by atoms with Gasteiger partial charge in [0.2, 0.25) is 5.89 Å². The Kier molecular flexibility index (Phi) is 7.14. The zero-order valence-electron chi connectivity index (χ0n) is 28.3. The molecule has 0 radical (unpaired) electrons. The molecule has 0 saturated carbocycles. The topological polar surface area (TPSA) is 29.3 Å². The second kappa shape index (κ2) is 12.4. The van der Waals surface area contributed by atoms with Crippen LogP contribution < -0.4 is 4.90 Å². The molecule has 0 saturated heterocycles. The van der Waals surface area contributed by atoms with Crippen LogP contribution in [-0.4, -0.2) is 4.98 Å². The highest BCUT2D eigenvalue weighted by atomic mass is 16.3. The highest BCUT2D eigenvalue weighted by Crippen LogP contribution is 2.46. The number of rotatable bonds is 6. The van der Waals surface area contributed by atoms with Crippen molar-refractivity contribution in [2.75, 3.05) is 4.90 Å². The predicted molar refractivity (Wildman–Crippen MR) is 218 cm³/mol. The zero-order chi connectivity index (χ0) is 34.4. The third-order valence-corrected chi connectivity index (χ3v) is 10.1. The molecule has 0 bridgehead atoms. The minimum Gasteiger partial charge on any atom is -0.435 e. The quantitative estimate of drug-likeness (QED) is 0.166. The molecule has 0 atom stereocenters. The van der Waals surface area contributed by atoms with E-state index in [1.54, 1.807) is 0 Å². The Balaban J connectivity index is 1.29.